The van der Waals surface area contributed by atoms with Crippen molar-refractivity contribution < 1.29 is 4.79 Å². The topological polar surface area (TPSA) is 54.9 Å². The Morgan fingerprint density at radius 3 is 2.45 bits per heavy atom. The van der Waals surface area contributed by atoms with Crippen LogP contribution in [0.25, 0.3) is 5.57 Å². The van der Waals surface area contributed by atoms with E-state index in [2.05, 4.69) is 55.3 Å². The summed E-state index contributed by atoms with van der Waals surface area (Å²) in [5, 5.41) is 2.84. The number of allylic oxidation sites excluding steroid dienone is 2. The molecule has 0 aliphatic heterocycles. The second-order valence-corrected chi connectivity index (χ2v) is 7.81. The van der Waals surface area contributed by atoms with E-state index in [-0.39, 0.29) is 5.91 Å². The quantitative estimate of drug-likeness (QED) is 0.644. The molecule has 1 amide bonds. The van der Waals surface area contributed by atoms with Crippen molar-refractivity contribution in [3.05, 3.63) is 94.3 Å². The normalized spacial score (nSPS) is 15.6. The Balaban J connectivity index is 1.67. The lowest BCUT2D eigenvalue weighted by atomic mass is 9.77. The summed E-state index contributed by atoms with van der Waals surface area (Å²) in [4.78, 5) is 21.7. The first-order chi connectivity index (χ1) is 14.0. The molecule has 0 saturated carbocycles. The first-order valence-electron chi connectivity index (χ1n) is 9.97. The minimum Gasteiger partial charge on any atom is -0.290 e. The van der Waals surface area contributed by atoms with Gasteiger partial charge in [0.05, 0.1) is 5.69 Å². The van der Waals surface area contributed by atoms with Crippen LogP contribution in [0.4, 0.5) is 5.95 Å². The SMILES string of the molecule is CC(C)=C1CC(c2ccccc2C)Cc2nc(NC(=O)c3ccccc3)ncc21. The van der Waals surface area contributed by atoms with E-state index in [4.69, 9.17) is 4.98 Å². The van der Waals surface area contributed by atoms with Crippen molar-refractivity contribution in [3.63, 3.8) is 0 Å². The molecule has 1 aromatic heterocycles. The van der Waals surface area contributed by atoms with Gasteiger partial charge in [-0.05, 0) is 68.4 Å². The molecular weight excluding hydrogens is 358 g/mol. The molecule has 3 aromatic rings. The molecule has 0 saturated heterocycles. The maximum absolute atomic E-state index is 12.5. The third kappa shape index (κ3) is 3.97. The van der Waals surface area contributed by atoms with Crippen LogP contribution in [0, 0.1) is 6.92 Å². The molecular formula is C25H25N3O. The van der Waals surface area contributed by atoms with Gasteiger partial charge in [0.2, 0.25) is 5.95 Å². The lowest BCUT2D eigenvalue weighted by Crippen LogP contribution is -2.19. The van der Waals surface area contributed by atoms with Gasteiger partial charge in [0.15, 0.2) is 0 Å². The highest BCUT2D eigenvalue weighted by atomic mass is 16.1. The van der Waals surface area contributed by atoms with E-state index in [0.717, 1.165) is 24.1 Å². The van der Waals surface area contributed by atoms with Crippen LogP contribution in [0.1, 0.15) is 58.9 Å². The second-order valence-electron chi connectivity index (χ2n) is 7.81. The predicted molar refractivity (Wildman–Crippen MR) is 117 cm³/mol. The smallest absolute Gasteiger partial charge is 0.258 e. The molecule has 1 aliphatic carbocycles. The molecule has 4 rings (SSSR count). The molecule has 0 radical (unpaired) electrons. The Bertz CT molecular complexity index is 1080. The number of carbonyl (C=O) groups excluding carboxylic acids is 1. The highest BCUT2D eigenvalue weighted by Gasteiger charge is 2.27. The van der Waals surface area contributed by atoms with Gasteiger partial charge in [-0.25, -0.2) is 9.97 Å². The fourth-order valence-electron chi connectivity index (χ4n) is 4.05. The Morgan fingerprint density at radius 2 is 1.72 bits per heavy atom. The molecule has 1 atom stereocenters. The first-order valence-corrected chi connectivity index (χ1v) is 9.97. The van der Waals surface area contributed by atoms with Crippen molar-refractivity contribution in [2.24, 2.45) is 0 Å². The van der Waals surface area contributed by atoms with E-state index in [1.807, 2.05) is 24.4 Å². The zero-order chi connectivity index (χ0) is 20.4. The second kappa shape index (κ2) is 8.00. The lowest BCUT2D eigenvalue weighted by molar-refractivity contribution is 0.102. The Kier molecular flexibility index (Phi) is 5.26. The van der Waals surface area contributed by atoms with E-state index in [0.29, 0.717) is 17.4 Å². The third-order valence-corrected chi connectivity index (χ3v) is 5.58. The molecule has 2 aromatic carbocycles. The molecule has 1 unspecified atom stereocenters. The molecule has 4 heteroatoms. The summed E-state index contributed by atoms with van der Waals surface area (Å²) in [5.74, 6) is 0.538. The Hall–Kier alpha value is -3.27. The molecule has 0 bridgehead atoms. The number of aryl methyl sites for hydroxylation is 1. The highest BCUT2D eigenvalue weighted by Crippen LogP contribution is 2.41. The van der Waals surface area contributed by atoms with Gasteiger partial charge in [-0.15, -0.1) is 0 Å². The fraction of sp³-hybridized carbons (Fsp3) is 0.240. The summed E-state index contributed by atoms with van der Waals surface area (Å²) in [5.41, 5.74) is 7.96. The summed E-state index contributed by atoms with van der Waals surface area (Å²) in [6.07, 6.45) is 3.69. The monoisotopic (exact) mass is 383 g/mol. The first kappa shape index (κ1) is 19.1. The molecule has 29 heavy (non-hydrogen) atoms. The minimum absolute atomic E-state index is 0.195. The number of rotatable bonds is 3. The van der Waals surface area contributed by atoms with E-state index in [9.17, 15) is 4.79 Å². The zero-order valence-electron chi connectivity index (χ0n) is 17.1. The van der Waals surface area contributed by atoms with Gasteiger partial charge in [0.1, 0.15) is 0 Å². The number of hydrogen-bond donors (Lipinski definition) is 1. The van der Waals surface area contributed by atoms with Crippen molar-refractivity contribution >= 4 is 17.4 Å². The van der Waals surface area contributed by atoms with E-state index < -0.39 is 0 Å². The van der Waals surface area contributed by atoms with Crippen molar-refractivity contribution in [1.29, 1.82) is 0 Å². The molecule has 0 spiro atoms. The van der Waals surface area contributed by atoms with Crippen LogP contribution in [-0.2, 0) is 6.42 Å². The standard InChI is InChI=1S/C25H25N3O/c1-16(2)21-13-19(20-12-8-7-9-17(20)3)14-23-22(21)15-26-25(27-23)28-24(29)18-10-5-4-6-11-18/h4-12,15,19H,13-14H2,1-3H3,(H,26,27,28,29). The summed E-state index contributed by atoms with van der Waals surface area (Å²) >= 11 is 0. The molecule has 0 fully saturated rings. The third-order valence-electron chi connectivity index (χ3n) is 5.58. The van der Waals surface area contributed by atoms with Crippen molar-refractivity contribution in [2.45, 2.75) is 39.5 Å². The van der Waals surface area contributed by atoms with Crippen LogP contribution in [-0.4, -0.2) is 15.9 Å². The highest BCUT2D eigenvalue weighted by molar-refractivity contribution is 6.03. The van der Waals surface area contributed by atoms with E-state index >= 15 is 0 Å². The number of hydrogen-bond acceptors (Lipinski definition) is 3. The van der Waals surface area contributed by atoms with E-state index in [1.165, 1.54) is 22.3 Å². The van der Waals surface area contributed by atoms with Gasteiger partial charge in [0, 0.05) is 17.3 Å². The summed E-state index contributed by atoms with van der Waals surface area (Å²) in [6, 6.07) is 17.7. The largest absolute Gasteiger partial charge is 0.290 e. The number of benzene rings is 2. The van der Waals surface area contributed by atoms with Crippen molar-refractivity contribution in [1.82, 2.24) is 9.97 Å². The molecule has 1 N–H and O–H groups in total. The number of anilines is 1. The van der Waals surface area contributed by atoms with E-state index in [1.54, 1.807) is 12.1 Å². The number of nitrogens with one attached hydrogen (secondary N) is 1. The lowest BCUT2D eigenvalue weighted by Gasteiger charge is -2.28. The van der Waals surface area contributed by atoms with Gasteiger partial charge >= 0.3 is 0 Å². The number of amides is 1. The number of fused-ring (bicyclic) bond motifs is 1. The van der Waals surface area contributed by atoms with Gasteiger partial charge in [-0.3, -0.25) is 10.1 Å². The molecule has 146 valence electrons. The van der Waals surface area contributed by atoms with Crippen LogP contribution in [0.5, 0.6) is 0 Å². The molecule has 1 aliphatic rings. The summed E-state index contributed by atoms with van der Waals surface area (Å²) in [6.45, 7) is 6.45. The minimum atomic E-state index is -0.195. The van der Waals surface area contributed by atoms with Gasteiger partial charge in [-0.1, -0.05) is 48.0 Å². The van der Waals surface area contributed by atoms with Gasteiger partial charge < -0.3 is 0 Å². The van der Waals surface area contributed by atoms with Crippen LogP contribution < -0.4 is 5.32 Å². The average Bonchev–Trinajstić information content (AvgIpc) is 2.73. The summed E-state index contributed by atoms with van der Waals surface area (Å²) in [7, 11) is 0. The Labute approximate surface area is 171 Å². The van der Waals surface area contributed by atoms with Crippen molar-refractivity contribution in [3.8, 4) is 0 Å². The molecule has 1 heterocycles. The maximum Gasteiger partial charge on any atom is 0.258 e. The van der Waals surface area contributed by atoms with Crippen LogP contribution in [0.3, 0.4) is 0 Å². The summed E-state index contributed by atoms with van der Waals surface area (Å²) < 4.78 is 0. The van der Waals surface area contributed by atoms with Gasteiger partial charge in [-0.2, -0.15) is 0 Å². The predicted octanol–water partition coefficient (Wildman–Crippen LogP) is 5.56. The van der Waals surface area contributed by atoms with Crippen LogP contribution in [0.2, 0.25) is 0 Å². The Morgan fingerprint density at radius 1 is 1.00 bits per heavy atom. The van der Waals surface area contributed by atoms with Crippen LogP contribution in [0.15, 0.2) is 66.4 Å². The average molecular weight is 383 g/mol. The van der Waals surface area contributed by atoms with Crippen molar-refractivity contribution in [2.75, 3.05) is 5.32 Å². The molecule has 4 nitrogen and oxygen atoms in total. The fourth-order valence-corrected chi connectivity index (χ4v) is 4.05. The maximum atomic E-state index is 12.5. The van der Waals surface area contributed by atoms with Gasteiger partial charge in [0.25, 0.3) is 5.91 Å². The number of nitrogens with zero attached hydrogens (tertiary/aromatic N) is 2. The van der Waals surface area contributed by atoms with Crippen LogP contribution >= 0.6 is 0 Å². The zero-order valence-corrected chi connectivity index (χ0v) is 17.1. The number of carbonyl (C=O) groups is 1. The number of aromatic nitrogens is 2.